The number of nitrogens with one attached hydrogen (secondary N) is 3. The van der Waals surface area contributed by atoms with Crippen LogP contribution in [0.5, 0.6) is 0 Å². The molecule has 4 amide bonds. The van der Waals surface area contributed by atoms with Crippen LogP contribution in [0.3, 0.4) is 0 Å². The number of H-pyrrole nitrogens is 1. The molecule has 4 rings (SSSR count). The van der Waals surface area contributed by atoms with Crippen molar-refractivity contribution in [3.63, 3.8) is 0 Å². The molecule has 0 unspecified atom stereocenters. The maximum atomic E-state index is 12.7. The van der Waals surface area contributed by atoms with Crippen LogP contribution in [-0.4, -0.2) is 38.6 Å². The molecule has 0 radical (unpaired) electrons. The minimum Gasteiger partial charge on any atom is -0.322 e. The Balaban J connectivity index is 1.57. The third kappa shape index (κ3) is 2.14. The smallest absolute Gasteiger partial charge is 0.322 e. The van der Waals surface area contributed by atoms with Gasteiger partial charge in [0.05, 0.1) is 5.52 Å². The molecule has 1 saturated carbocycles. The SMILES string of the molecule is O=C(NN1C(=O)NC2(CCCCC2)C1=O)c1n[nH]c2ccccc12. The van der Waals surface area contributed by atoms with Crippen molar-refractivity contribution < 1.29 is 14.4 Å². The van der Waals surface area contributed by atoms with E-state index in [1.165, 1.54) is 0 Å². The summed E-state index contributed by atoms with van der Waals surface area (Å²) in [5, 5.41) is 10.9. The molecule has 3 N–H and O–H groups in total. The van der Waals surface area contributed by atoms with E-state index in [9.17, 15) is 14.4 Å². The second kappa shape index (κ2) is 5.33. The standard InChI is InChI=1S/C16H17N5O3/c22-13(12-10-6-2-3-7-11(10)18-19-12)20-21-14(23)16(17-15(21)24)8-4-1-5-9-16/h2-3,6-7H,1,4-5,8-9H2,(H,17,24)(H,18,19)(H,20,22). The Morgan fingerprint density at radius 3 is 2.71 bits per heavy atom. The van der Waals surface area contributed by atoms with Gasteiger partial charge in [0.25, 0.3) is 11.8 Å². The van der Waals surface area contributed by atoms with Gasteiger partial charge in [-0.1, -0.05) is 37.5 Å². The van der Waals surface area contributed by atoms with Crippen molar-refractivity contribution in [1.82, 2.24) is 25.9 Å². The van der Waals surface area contributed by atoms with Gasteiger partial charge in [0, 0.05) is 5.39 Å². The molecular formula is C16H17N5O3. The average molecular weight is 327 g/mol. The van der Waals surface area contributed by atoms with Gasteiger partial charge in [-0.2, -0.15) is 10.1 Å². The van der Waals surface area contributed by atoms with Crippen LogP contribution in [0.4, 0.5) is 4.79 Å². The number of imide groups is 1. The minimum absolute atomic E-state index is 0.149. The van der Waals surface area contributed by atoms with Gasteiger partial charge in [0.2, 0.25) is 0 Å². The highest BCUT2D eigenvalue weighted by Gasteiger charge is 2.52. The first kappa shape index (κ1) is 14.7. The van der Waals surface area contributed by atoms with Crippen LogP contribution in [0, 0.1) is 0 Å². The van der Waals surface area contributed by atoms with Gasteiger partial charge in [-0.3, -0.25) is 20.1 Å². The predicted molar refractivity (Wildman–Crippen MR) is 84.8 cm³/mol. The van der Waals surface area contributed by atoms with Gasteiger partial charge < -0.3 is 5.32 Å². The molecule has 1 aromatic heterocycles. The lowest BCUT2D eigenvalue weighted by atomic mass is 9.82. The van der Waals surface area contributed by atoms with E-state index >= 15 is 0 Å². The summed E-state index contributed by atoms with van der Waals surface area (Å²) < 4.78 is 0. The molecule has 124 valence electrons. The molecule has 1 aliphatic carbocycles. The van der Waals surface area contributed by atoms with E-state index in [1.807, 2.05) is 6.07 Å². The molecule has 8 heteroatoms. The molecule has 8 nitrogen and oxygen atoms in total. The summed E-state index contributed by atoms with van der Waals surface area (Å²) in [6.45, 7) is 0. The van der Waals surface area contributed by atoms with Gasteiger partial charge in [-0.15, -0.1) is 0 Å². The number of rotatable bonds is 2. The number of carbonyl (C=O) groups excluding carboxylic acids is 3. The number of amides is 4. The monoisotopic (exact) mass is 327 g/mol. The van der Waals surface area contributed by atoms with E-state index in [2.05, 4.69) is 20.9 Å². The van der Waals surface area contributed by atoms with E-state index in [-0.39, 0.29) is 11.6 Å². The van der Waals surface area contributed by atoms with Crippen molar-refractivity contribution in [2.45, 2.75) is 37.6 Å². The zero-order valence-electron chi connectivity index (χ0n) is 13.0. The van der Waals surface area contributed by atoms with Crippen molar-refractivity contribution in [1.29, 1.82) is 0 Å². The number of aromatic amines is 1. The maximum Gasteiger partial charge on any atom is 0.344 e. The van der Waals surface area contributed by atoms with Crippen molar-refractivity contribution in [2.24, 2.45) is 0 Å². The Labute approximate surface area is 137 Å². The van der Waals surface area contributed by atoms with Crippen LogP contribution in [0.15, 0.2) is 24.3 Å². The van der Waals surface area contributed by atoms with Gasteiger partial charge in [0.15, 0.2) is 5.69 Å². The summed E-state index contributed by atoms with van der Waals surface area (Å²) in [7, 11) is 0. The number of para-hydroxylation sites is 1. The fraction of sp³-hybridized carbons (Fsp3) is 0.375. The van der Waals surface area contributed by atoms with E-state index in [0.717, 1.165) is 24.3 Å². The maximum absolute atomic E-state index is 12.7. The number of aromatic nitrogens is 2. The topological polar surface area (TPSA) is 107 Å². The van der Waals surface area contributed by atoms with Crippen LogP contribution < -0.4 is 10.7 Å². The van der Waals surface area contributed by atoms with Crippen molar-refractivity contribution in [3.05, 3.63) is 30.0 Å². The Kier molecular flexibility index (Phi) is 3.26. The molecule has 2 aliphatic rings. The Hall–Kier alpha value is -2.90. The number of benzene rings is 1. The number of hydrazine groups is 1. The Morgan fingerprint density at radius 2 is 1.92 bits per heavy atom. The first-order valence-electron chi connectivity index (χ1n) is 8.01. The highest BCUT2D eigenvalue weighted by atomic mass is 16.2. The summed E-state index contributed by atoms with van der Waals surface area (Å²) in [5.41, 5.74) is 2.39. The van der Waals surface area contributed by atoms with Gasteiger partial charge in [-0.05, 0) is 18.9 Å². The third-order valence-corrected chi connectivity index (χ3v) is 4.77. The first-order chi connectivity index (χ1) is 11.6. The average Bonchev–Trinajstić information content (AvgIpc) is 3.11. The normalized spacial score (nSPS) is 19.8. The molecule has 2 heterocycles. The Morgan fingerprint density at radius 1 is 1.17 bits per heavy atom. The largest absolute Gasteiger partial charge is 0.344 e. The van der Waals surface area contributed by atoms with Crippen molar-refractivity contribution in [2.75, 3.05) is 0 Å². The number of carbonyl (C=O) groups is 3. The lowest BCUT2D eigenvalue weighted by molar-refractivity contribution is -0.134. The van der Waals surface area contributed by atoms with E-state index in [1.54, 1.807) is 18.2 Å². The van der Waals surface area contributed by atoms with Crippen LogP contribution >= 0.6 is 0 Å². The fourth-order valence-corrected chi connectivity index (χ4v) is 3.51. The van der Waals surface area contributed by atoms with Gasteiger partial charge >= 0.3 is 6.03 Å². The molecule has 2 aromatic rings. The second-order valence-electron chi connectivity index (χ2n) is 6.27. The van der Waals surface area contributed by atoms with Crippen LogP contribution in [0.2, 0.25) is 0 Å². The summed E-state index contributed by atoms with van der Waals surface area (Å²) in [6.07, 6.45) is 4.04. The Bertz CT molecular complexity index is 837. The van der Waals surface area contributed by atoms with Crippen molar-refractivity contribution in [3.8, 4) is 0 Å². The molecule has 1 spiro atoms. The summed E-state index contributed by atoms with van der Waals surface area (Å²) in [6, 6.07) is 6.58. The lowest BCUT2D eigenvalue weighted by Gasteiger charge is -2.30. The molecule has 24 heavy (non-hydrogen) atoms. The zero-order chi connectivity index (χ0) is 16.7. The molecule has 0 bridgehead atoms. The molecule has 1 aliphatic heterocycles. The number of nitrogens with zero attached hydrogens (tertiary/aromatic N) is 2. The molecule has 1 saturated heterocycles. The van der Waals surface area contributed by atoms with E-state index in [0.29, 0.717) is 23.7 Å². The number of hydrogen-bond donors (Lipinski definition) is 3. The fourth-order valence-electron chi connectivity index (χ4n) is 3.51. The zero-order valence-corrected chi connectivity index (χ0v) is 13.0. The second-order valence-corrected chi connectivity index (χ2v) is 6.27. The molecule has 1 aromatic carbocycles. The van der Waals surface area contributed by atoms with Crippen LogP contribution in [0.1, 0.15) is 42.6 Å². The van der Waals surface area contributed by atoms with E-state index < -0.39 is 17.5 Å². The highest BCUT2D eigenvalue weighted by Crippen LogP contribution is 2.33. The number of hydrogen-bond acceptors (Lipinski definition) is 4. The quantitative estimate of drug-likeness (QED) is 0.726. The number of fused-ring (bicyclic) bond motifs is 1. The highest BCUT2D eigenvalue weighted by molar-refractivity contribution is 6.11. The minimum atomic E-state index is -0.865. The summed E-state index contributed by atoms with van der Waals surface area (Å²) in [5.74, 6) is -0.982. The molecule has 2 fully saturated rings. The van der Waals surface area contributed by atoms with Gasteiger partial charge in [-0.25, -0.2) is 4.79 Å². The van der Waals surface area contributed by atoms with Crippen LogP contribution in [-0.2, 0) is 4.79 Å². The lowest BCUT2D eigenvalue weighted by Crippen LogP contribution is -2.51. The molecule has 0 atom stereocenters. The van der Waals surface area contributed by atoms with E-state index in [4.69, 9.17) is 0 Å². The van der Waals surface area contributed by atoms with Crippen LogP contribution in [0.25, 0.3) is 10.9 Å². The molecular weight excluding hydrogens is 310 g/mol. The van der Waals surface area contributed by atoms with Gasteiger partial charge in [0.1, 0.15) is 5.54 Å². The summed E-state index contributed by atoms with van der Waals surface area (Å²) in [4.78, 5) is 37.3. The van der Waals surface area contributed by atoms with Crippen molar-refractivity contribution >= 4 is 28.7 Å². The number of urea groups is 1. The summed E-state index contributed by atoms with van der Waals surface area (Å²) >= 11 is 0. The first-order valence-corrected chi connectivity index (χ1v) is 8.01. The third-order valence-electron chi connectivity index (χ3n) is 4.77. The predicted octanol–water partition coefficient (Wildman–Crippen LogP) is 1.46.